The number of benzene rings is 11. The van der Waals surface area contributed by atoms with E-state index in [1.165, 1.54) is 176 Å². The van der Waals surface area contributed by atoms with Crippen LogP contribution in [0.15, 0.2) is 217 Å². The van der Waals surface area contributed by atoms with Gasteiger partial charge in [-0.15, -0.1) is 11.3 Å². The second-order valence-electron chi connectivity index (χ2n) is 34.5. The number of thiophene rings is 1. The Labute approximate surface area is 601 Å². The lowest BCUT2D eigenvalue weighted by molar-refractivity contribution is 0.332. The van der Waals surface area contributed by atoms with E-state index in [1.54, 1.807) is 0 Å². The Morgan fingerprint density at radius 3 is 1.77 bits per heavy atom. The van der Waals surface area contributed by atoms with Gasteiger partial charge in [-0.1, -0.05) is 222 Å². The van der Waals surface area contributed by atoms with E-state index in [0.29, 0.717) is 0 Å². The highest BCUT2D eigenvalue weighted by molar-refractivity contribution is 7.33. The summed E-state index contributed by atoms with van der Waals surface area (Å²) in [7, 11) is 0. The average molecular weight is 1330 g/mol. The Balaban J connectivity index is 0.925. The van der Waals surface area contributed by atoms with E-state index >= 15 is 0 Å². The Hall–Kier alpha value is -9.36. The summed E-state index contributed by atoms with van der Waals surface area (Å²) in [4.78, 5) is 7.97. The molecule has 0 N–H and O–H groups in total. The van der Waals surface area contributed by atoms with Gasteiger partial charge in [-0.2, -0.15) is 0 Å². The lowest BCUT2D eigenvalue weighted by atomic mass is 9.36. The molecule has 1 saturated carbocycles. The van der Waals surface area contributed by atoms with Crippen molar-refractivity contribution in [3.8, 4) is 33.4 Å². The van der Waals surface area contributed by atoms with Gasteiger partial charge >= 0.3 is 0 Å². The Morgan fingerprint density at radius 1 is 0.446 bits per heavy atom. The minimum absolute atomic E-state index is 0.00129. The zero-order chi connectivity index (χ0) is 69.2. The van der Waals surface area contributed by atoms with E-state index in [4.69, 9.17) is 4.42 Å². The fourth-order valence-electron chi connectivity index (χ4n) is 19.8. The normalized spacial score (nSPS) is 17.6. The molecule has 19 rings (SSSR count). The first-order valence-corrected chi connectivity index (χ1v) is 38.2. The molecule has 1 spiro atoms. The van der Waals surface area contributed by atoms with Crippen molar-refractivity contribution < 1.29 is 4.42 Å². The molecule has 13 aromatic rings. The topological polar surface area (TPSA) is 22.9 Å². The molecule has 6 aliphatic rings. The van der Waals surface area contributed by atoms with Crippen LogP contribution in [0.5, 0.6) is 0 Å². The Kier molecular flexibility index (Phi) is 13.5. The molecule has 0 radical (unpaired) electrons. The van der Waals surface area contributed by atoms with E-state index in [1.807, 2.05) is 0 Å². The highest BCUT2D eigenvalue weighted by Crippen LogP contribution is 2.62. The number of furan rings is 1. The molecular weight excluding hydrogens is 1240 g/mol. The van der Waals surface area contributed by atoms with E-state index in [-0.39, 0.29) is 39.2 Å². The van der Waals surface area contributed by atoms with Gasteiger partial charge in [-0.25, -0.2) is 0 Å². The molecule has 4 nitrogen and oxygen atoms in total. The molecule has 4 heterocycles. The summed E-state index contributed by atoms with van der Waals surface area (Å²) in [6, 6.07) is 83.4. The summed E-state index contributed by atoms with van der Waals surface area (Å²) >= 11 is 2.05. The van der Waals surface area contributed by atoms with Crippen LogP contribution >= 0.6 is 11.3 Å². The van der Waals surface area contributed by atoms with E-state index in [0.717, 1.165) is 57.5 Å². The highest BCUT2D eigenvalue weighted by Gasteiger charge is 2.51. The molecular formula is C95H90BN3OS. The molecule has 11 aromatic carbocycles. The third-order valence-electron chi connectivity index (χ3n) is 25.5. The van der Waals surface area contributed by atoms with Gasteiger partial charge in [-0.3, -0.25) is 0 Å². The first-order chi connectivity index (χ1) is 48.5. The molecule has 500 valence electrons. The van der Waals surface area contributed by atoms with E-state index in [9.17, 15) is 0 Å². The summed E-state index contributed by atoms with van der Waals surface area (Å²) < 4.78 is 9.82. The number of anilines is 9. The van der Waals surface area contributed by atoms with Crippen molar-refractivity contribution in [3.63, 3.8) is 0 Å². The molecule has 4 aliphatic carbocycles. The highest BCUT2D eigenvalue weighted by atomic mass is 32.1. The third kappa shape index (κ3) is 9.24. The fourth-order valence-corrected chi connectivity index (χ4v) is 21.2. The molecule has 0 unspecified atom stereocenters. The first kappa shape index (κ1) is 62.6. The maximum Gasteiger partial charge on any atom is 0.264 e. The largest absolute Gasteiger partial charge is 0.454 e. The van der Waals surface area contributed by atoms with Crippen molar-refractivity contribution in [1.29, 1.82) is 0 Å². The van der Waals surface area contributed by atoms with Crippen LogP contribution in [0, 0.1) is 13.8 Å². The Morgan fingerprint density at radius 2 is 1.05 bits per heavy atom. The molecule has 0 saturated heterocycles. The van der Waals surface area contributed by atoms with E-state index < -0.39 is 0 Å². The number of hydrogen-bond donors (Lipinski definition) is 0. The number of hydrogen-bond acceptors (Lipinski definition) is 5. The van der Waals surface area contributed by atoms with Crippen LogP contribution in [0.25, 0.3) is 65.4 Å². The molecule has 0 atom stereocenters. The number of fused-ring (bicyclic) bond motifs is 16. The maximum absolute atomic E-state index is 7.06. The molecule has 101 heavy (non-hydrogen) atoms. The van der Waals surface area contributed by atoms with Crippen molar-refractivity contribution >= 4 is 117 Å². The Bertz CT molecular complexity index is 5620. The predicted octanol–water partition coefficient (Wildman–Crippen LogP) is 25.1. The summed E-state index contributed by atoms with van der Waals surface area (Å²) in [5, 5.41) is 3.57. The minimum atomic E-state index is -0.125. The molecule has 2 aliphatic heterocycles. The molecule has 0 amide bonds. The molecule has 1 fully saturated rings. The van der Waals surface area contributed by atoms with Crippen LogP contribution in [-0.4, -0.2) is 6.71 Å². The maximum atomic E-state index is 7.06. The van der Waals surface area contributed by atoms with Gasteiger partial charge < -0.3 is 19.1 Å². The average Bonchev–Trinajstić information content (AvgIpc) is 1.68. The second kappa shape index (κ2) is 21.8. The van der Waals surface area contributed by atoms with Crippen LogP contribution in [0.3, 0.4) is 0 Å². The van der Waals surface area contributed by atoms with Crippen molar-refractivity contribution in [2.45, 2.75) is 174 Å². The van der Waals surface area contributed by atoms with Crippen molar-refractivity contribution in [1.82, 2.24) is 0 Å². The lowest BCUT2D eigenvalue weighted by Crippen LogP contribution is -2.60. The van der Waals surface area contributed by atoms with Crippen molar-refractivity contribution in [2.24, 2.45) is 0 Å². The SMILES string of the molecule is Cc1cccc(C)c1-c1cc2c3c(c1)N(c1cccc4c1-c1ccccc1C41CCCC1)c1c(sc4cc5c(cc14)C(C)(C)CCC5(C)C)B3c1ccc(N(c3ccc(C(C)(C)C)cc3)c3cccc4c3oc3ccccc34)cc1N2c1ccc(-c2ccc3c(c2)C(C)(C)CCC3(C)C)cc1. The predicted molar refractivity (Wildman–Crippen MR) is 432 cm³/mol. The van der Waals surface area contributed by atoms with Gasteiger partial charge in [0.05, 0.1) is 17.1 Å². The zero-order valence-electron chi connectivity index (χ0n) is 61.1. The third-order valence-corrected chi connectivity index (χ3v) is 26.8. The van der Waals surface area contributed by atoms with Crippen LogP contribution in [0.4, 0.5) is 51.2 Å². The van der Waals surface area contributed by atoms with Crippen LogP contribution in [0.2, 0.25) is 0 Å². The minimum Gasteiger partial charge on any atom is -0.454 e. The summed E-state index contributed by atoms with van der Waals surface area (Å²) in [6.07, 6.45) is 9.49. The van der Waals surface area contributed by atoms with Gasteiger partial charge in [0.1, 0.15) is 5.58 Å². The number of rotatable bonds is 7. The summed E-state index contributed by atoms with van der Waals surface area (Å²) in [5.74, 6) is 0. The molecule has 6 heteroatoms. The quantitative estimate of drug-likeness (QED) is 0.148. The molecule has 2 aromatic heterocycles. The van der Waals surface area contributed by atoms with Crippen molar-refractivity contribution in [2.75, 3.05) is 14.7 Å². The fraction of sp³-hybridized carbons (Fsp3) is 0.284. The van der Waals surface area contributed by atoms with Gasteiger partial charge in [0.25, 0.3) is 6.71 Å². The zero-order valence-corrected chi connectivity index (χ0v) is 61.9. The second-order valence-corrected chi connectivity index (χ2v) is 35.6. The van der Waals surface area contributed by atoms with Crippen LogP contribution in [0.1, 0.15) is 178 Å². The van der Waals surface area contributed by atoms with Gasteiger partial charge in [0.2, 0.25) is 0 Å². The number of aryl methyl sites for hydroxylation is 2. The van der Waals surface area contributed by atoms with Crippen LogP contribution in [-0.2, 0) is 32.5 Å². The lowest BCUT2D eigenvalue weighted by Gasteiger charge is -2.44. The van der Waals surface area contributed by atoms with Gasteiger partial charge in [-0.05, 0) is 247 Å². The van der Waals surface area contributed by atoms with Crippen molar-refractivity contribution in [3.05, 3.63) is 262 Å². The summed E-state index contributed by atoms with van der Waals surface area (Å²) in [6.45, 7) is 31.2. The van der Waals surface area contributed by atoms with Gasteiger partial charge in [0, 0.05) is 70.7 Å². The monoisotopic (exact) mass is 1330 g/mol. The standard InChI is InChI=1S/C95H90BN3OS/c1-57-23-20-24-58(2)84(57)61-52-80-86-81(53-61)99(77-30-22-29-72-85(77)68-26-14-16-28-70(68)95(72)45-18-19-46-95)87-69-55-74-75(94(12,13)50-49-93(74,10)11)56-83(69)101-89(87)96(86)76-44-42-65(54-79(76)98(80)64-38-33-59(34-39-64)60-35-43-71-73(51-60)92(8,9)48-47-91(71,6)7)97(63-40-36-62(37-41-63)90(3,4)5)78-31-21-27-67-66-25-15-17-32-82(66)100-88(67)78/h14-17,20-44,51-56H,18-19,45-50H2,1-13H3. The van der Waals surface area contributed by atoms with Gasteiger partial charge in [0.15, 0.2) is 5.58 Å². The molecule has 0 bridgehead atoms. The van der Waals surface area contributed by atoms with E-state index in [2.05, 4.69) is 328 Å². The number of nitrogens with zero attached hydrogens (tertiary/aromatic N) is 3. The summed E-state index contributed by atoms with van der Waals surface area (Å²) in [5.41, 5.74) is 35.6. The smallest absolute Gasteiger partial charge is 0.264 e. The first-order valence-electron chi connectivity index (χ1n) is 37.4. The van der Waals surface area contributed by atoms with Crippen LogP contribution < -0.4 is 30.4 Å². The number of para-hydroxylation sites is 2.